The molecule has 26 heavy (non-hydrogen) atoms. The van der Waals surface area contributed by atoms with Crippen LogP contribution in [0.3, 0.4) is 0 Å². The third-order valence-corrected chi connectivity index (χ3v) is 5.83. The van der Waals surface area contributed by atoms with E-state index in [9.17, 15) is 4.79 Å². The number of para-hydroxylation sites is 1. The molecule has 2 amide bonds. The molecule has 144 valence electrons. The van der Waals surface area contributed by atoms with E-state index in [4.69, 9.17) is 0 Å². The van der Waals surface area contributed by atoms with Gasteiger partial charge in [-0.1, -0.05) is 25.1 Å². The van der Waals surface area contributed by atoms with Crippen molar-refractivity contribution in [2.45, 2.75) is 39.2 Å². The van der Waals surface area contributed by atoms with Crippen LogP contribution in [0.1, 0.15) is 33.1 Å². The van der Waals surface area contributed by atoms with Gasteiger partial charge < -0.3 is 15.5 Å². The summed E-state index contributed by atoms with van der Waals surface area (Å²) in [6.07, 6.45) is 3.74. The molecule has 2 saturated heterocycles. The normalized spacial score (nSPS) is 25.1. The molecule has 0 bridgehead atoms. The number of rotatable bonds is 6. The lowest BCUT2D eigenvalue weighted by molar-refractivity contribution is 0.137. The monoisotopic (exact) mass is 358 g/mol. The van der Waals surface area contributed by atoms with Gasteiger partial charge in [0.15, 0.2) is 0 Å². The fourth-order valence-electron chi connectivity index (χ4n) is 4.17. The van der Waals surface area contributed by atoms with Gasteiger partial charge in [0.2, 0.25) is 0 Å². The van der Waals surface area contributed by atoms with E-state index >= 15 is 0 Å². The first-order valence-electron chi connectivity index (χ1n) is 10.2. The van der Waals surface area contributed by atoms with Crippen molar-refractivity contribution in [2.75, 3.05) is 44.2 Å². The molecule has 3 rings (SSSR count). The fourth-order valence-corrected chi connectivity index (χ4v) is 4.17. The van der Waals surface area contributed by atoms with Gasteiger partial charge in [0.05, 0.1) is 0 Å². The Balaban J connectivity index is 1.33. The van der Waals surface area contributed by atoms with Gasteiger partial charge in [0.25, 0.3) is 0 Å². The highest BCUT2D eigenvalue weighted by Gasteiger charge is 2.24. The number of anilines is 1. The van der Waals surface area contributed by atoms with E-state index in [0.717, 1.165) is 51.6 Å². The van der Waals surface area contributed by atoms with Crippen LogP contribution in [0.25, 0.3) is 0 Å². The van der Waals surface area contributed by atoms with Gasteiger partial charge in [0, 0.05) is 44.5 Å². The van der Waals surface area contributed by atoms with Gasteiger partial charge >= 0.3 is 6.03 Å². The van der Waals surface area contributed by atoms with Crippen molar-refractivity contribution in [3.05, 3.63) is 30.3 Å². The largest absolute Gasteiger partial charge is 0.371 e. The van der Waals surface area contributed by atoms with Crippen molar-refractivity contribution < 1.29 is 4.79 Å². The van der Waals surface area contributed by atoms with E-state index in [0.29, 0.717) is 12.0 Å². The zero-order valence-electron chi connectivity index (χ0n) is 16.3. The zero-order chi connectivity index (χ0) is 18.4. The molecule has 2 aliphatic heterocycles. The molecule has 0 spiro atoms. The third kappa shape index (κ3) is 5.37. The first-order valence-corrected chi connectivity index (χ1v) is 10.2. The van der Waals surface area contributed by atoms with Crippen LogP contribution in [-0.2, 0) is 0 Å². The lowest BCUT2D eigenvalue weighted by Gasteiger charge is -2.35. The number of nitrogens with one attached hydrogen (secondary N) is 2. The summed E-state index contributed by atoms with van der Waals surface area (Å²) in [5.41, 5.74) is 1.28. The summed E-state index contributed by atoms with van der Waals surface area (Å²) in [6, 6.07) is 10.9. The Hall–Kier alpha value is -1.75. The van der Waals surface area contributed by atoms with Crippen LogP contribution in [0, 0.1) is 11.8 Å². The smallest absolute Gasteiger partial charge is 0.314 e. The SMILES string of the molecule is CC1CCCN(C(C)CNC(=O)NCC2CCN(c3ccccc3)C2)C1. The van der Waals surface area contributed by atoms with Crippen LogP contribution in [0.5, 0.6) is 0 Å². The van der Waals surface area contributed by atoms with Crippen LogP contribution < -0.4 is 15.5 Å². The number of nitrogens with zero attached hydrogens (tertiary/aromatic N) is 2. The molecule has 1 aromatic carbocycles. The molecule has 5 nitrogen and oxygen atoms in total. The number of amides is 2. The van der Waals surface area contributed by atoms with Crippen molar-refractivity contribution in [1.29, 1.82) is 0 Å². The van der Waals surface area contributed by atoms with Gasteiger partial charge in [-0.25, -0.2) is 4.79 Å². The average Bonchev–Trinajstić information content (AvgIpc) is 3.14. The van der Waals surface area contributed by atoms with Crippen molar-refractivity contribution in [1.82, 2.24) is 15.5 Å². The second-order valence-corrected chi connectivity index (χ2v) is 8.12. The first kappa shape index (κ1) is 19.0. The fraction of sp³-hybridized carbons (Fsp3) is 0.667. The lowest BCUT2D eigenvalue weighted by atomic mass is 9.99. The van der Waals surface area contributed by atoms with E-state index < -0.39 is 0 Å². The zero-order valence-corrected chi connectivity index (χ0v) is 16.3. The Morgan fingerprint density at radius 2 is 1.96 bits per heavy atom. The van der Waals surface area contributed by atoms with Gasteiger partial charge in [-0.3, -0.25) is 4.90 Å². The van der Waals surface area contributed by atoms with E-state index in [2.05, 4.69) is 64.6 Å². The quantitative estimate of drug-likeness (QED) is 0.822. The summed E-state index contributed by atoms with van der Waals surface area (Å²) in [5, 5.41) is 6.12. The Morgan fingerprint density at radius 3 is 2.73 bits per heavy atom. The van der Waals surface area contributed by atoms with Crippen molar-refractivity contribution in [3.63, 3.8) is 0 Å². The Bertz CT molecular complexity index is 564. The van der Waals surface area contributed by atoms with Gasteiger partial charge in [-0.2, -0.15) is 0 Å². The number of benzene rings is 1. The van der Waals surface area contributed by atoms with Gasteiger partial charge in [0.1, 0.15) is 0 Å². The van der Waals surface area contributed by atoms with Crippen molar-refractivity contribution in [3.8, 4) is 0 Å². The van der Waals surface area contributed by atoms with Gasteiger partial charge in [-0.15, -0.1) is 0 Å². The maximum Gasteiger partial charge on any atom is 0.314 e. The topological polar surface area (TPSA) is 47.6 Å². The summed E-state index contributed by atoms with van der Waals surface area (Å²) >= 11 is 0. The summed E-state index contributed by atoms with van der Waals surface area (Å²) in [6.45, 7) is 10.4. The molecule has 5 heteroatoms. The molecule has 0 radical (unpaired) electrons. The summed E-state index contributed by atoms with van der Waals surface area (Å²) in [7, 11) is 0. The molecule has 2 aliphatic rings. The second kappa shape index (κ2) is 9.26. The minimum Gasteiger partial charge on any atom is -0.371 e. The number of likely N-dealkylation sites (tertiary alicyclic amines) is 1. The molecule has 1 aromatic rings. The predicted molar refractivity (Wildman–Crippen MR) is 108 cm³/mol. The first-order chi connectivity index (χ1) is 12.6. The molecule has 2 N–H and O–H groups in total. The standard InChI is InChI=1S/C21H34N4O/c1-17-7-6-11-24(15-17)18(2)13-22-21(26)23-14-19-10-12-25(16-19)20-8-4-3-5-9-20/h3-5,8-9,17-19H,6-7,10-16H2,1-2H3,(H2,22,23,26). The highest BCUT2D eigenvalue weighted by molar-refractivity contribution is 5.73. The molecule has 3 atom stereocenters. The number of hydrogen-bond donors (Lipinski definition) is 2. The number of carbonyl (C=O) groups is 1. The van der Waals surface area contributed by atoms with Crippen molar-refractivity contribution in [2.24, 2.45) is 11.8 Å². The third-order valence-electron chi connectivity index (χ3n) is 5.83. The van der Waals surface area contributed by atoms with Crippen molar-refractivity contribution >= 4 is 11.7 Å². The highest BCUT2D eigenvalue weighted by Crippen LogP contribution is 2.23. The summed E-state index contributed by atoms with van der Waals surface area (Å²) < 4.78 is 0. The van der Waals surface area contributed by atoms with Crippen LogP contribution in [0.15, 0.2) is 30.3 Å². The van der Waals surface area contributed by atoms with E-state index in [1.54, 1.807) is 0 Å². The summed E-state index contributed by atoms with van der Waals surface area (Å²) in [5.74, 6) is 1.30. The molecule has 2 heterocycles. The minimum atomic E-state index is -0.0277. The van der Waals surface area contributed by atoms with E-state index in [1.807, 2.05) is 0 Å². The summed E-state index contributed by atoms with van der Waals surface area (Å²) in [4.78, 5) is 17.1. The maximum absolute atomic E-state index is 12.1. The molecule has 3 unspecified atom stereocenters. The van der Waals surface area contributed by atoms with Crippen LogP contribution in [-0.4, -0.2) is 56.2 Å². The molecular formula is C21H34N4O. The average molecular weight is 359 g/mol. The lowest BCUT2D eigenvalue weighted by Crippen LogP contribution is -2.48. The molecule has 0 aromatic heterocycles. The molecule has 2 fully saturated rings. The number of carbonyl (C=O) groups excluding carboxylic acids is 1. The molecular weight excluding hydrogens is 324 g/mol. The highest BCUT2D eigenvalue weighted by atomic mass is 16.2. The van der Waals surface area contributed by atoms with E-state index in [-0.39, 0.29) is 6.03 Å². The molecule has 0 aliphatic carbocycles. The number of piperidine rings is 1. The Kier molecular flexibility index (Phi) is 6.78. The van der Waals surface area contributed by atoms with Crippen LogP contribution in [0.2, 0.25) is 0 Å². The molecule has 0 saturated carbocycles. The predicted octanol–water partition coefficient (Wildman–Crippen LogP) is 2.93. The van der Waals surface area contributed by atoms with E-state index in [1.165, 1.54) is 18.5 Å². The second-order valence-electron chi connectivity index (χ2n) is 8.12. The minimum absolute atomic E-state index is 0.0277. The number of hydrogen-bond acceptors (Lipinski definition) is 3. The Morgan fingerprint density at radius 1 is 1.15 bits per heavy atom. The van der Waals surface area contributed by atoms with Crippen LogP contribution >= 0.6 is 0 Å². The van der Waals surface area contributed by atoms with Gasteiger partial charge in [-0.05, 0) is 56.7 Å². The van der Waals surface area contributed by atoms with Crippen LogP contribution in [0.4, 0.5) is 10.5 Å². The number of urea groups is 1. The maximum atomic E-state index is 12.1. The Labute approximate surface area is 158 Å².